The zero-order valence-corrected chi connectivity index (χ0v) is 13.9. The van der Waals surface area contributed by atoms with Crippen LogP contribution in [0.4, 0.5) is 23.2 Å². The Morgan fingerprint density at radius 3 is 2.42 bits per heavy atom. The van der Waals surface area contributed by atoms with Gasteiger partial charge in [-0.25, -0.2) is 9.18 Å². The Bertz CT molecular complexity index is 833. The van der Waals surface area contributed by atoms with Crippen LogP contribution >= 0.6 is 0 Å². The Hall–Kier alpha value is -2.90. The maximum Gasteiger partial charge on any atom is 0.416 e. The molecular weight excluding hydrogens is 354 g/mol. The van der Waals surface area contributed by atoms with Gasteiger partial charge in [0.15, 0.2) is 6.10 Å². The van der Waals surface area contributed by atoms with E-state index in [-0.39, 0.29) is 11.3 Å². The number of carbonyl (C=O) groups is 2. The summed E-state index contributed by atoms with van der Waals surface area (Å²) in [5.41, 5.74) is -0.743. The third-order valence-electron chi connectivity index (χ3n) is 3.52. The lowest BCUT2D eigenvalue weighted by Crippen LogP contribution is -2.30. The van der Waals surface area contributed by atoms with Crippen molar-refractivity contribution < 1.29 is 31.9 Å². The van der Waals surface area contributed by atoms with Gasteiger partial charge in [0.05, 0.1) is 11.1 Å². The second-order valence-electron chi connectivity index (χ2n) is 5.58. The molecule has 0 saturated carbocycles. The van der Waals surface area contributed by atoms with Crippen LogP contribution < -0.4 is 5.32 Å². The van der Waals surface area contributed by atoms with Crippen LogP contribution in [0.5, 0.6) is 0 Å². The molecule has 8 heteroatoms. The van der Waals surface area contributed by atoms with Crippen molar-refractivity contribution in [3.63, 3.8) is 0 Å². The molecule has 0 unspecified atom stereocenters. The minimum absolute atomic E-state index is 0.0770. The van der Waals surface area contributed by atoms with Gasteiger partial charge in [-0.05, 0) is 49.7 Å². The van der Waals surface area contributed by atoms with Gasteiger partial charge in [-0.3, -0.25) is 4.79 Å². The molecule has 1 atom stereocenters. The highest BCUT2D eigenvalue weighted by Gasteiger charge is 2.30. The molecule has 0 fully saturated rings. The predicted octanol–water partition coefficient (Wildman–Crippen LogP) is 4.34. The van der Waals surface area contributed by atoms with Gasteiger partial charge in [-0.15, -0.1) is 0 Å². The van der Waals surface area contributed by atoms with Crippen LogP contribution in [0.2, 0.25) is 0 Å². The molecule has 2 rings (SSSR count). The topological polar surface area (TPSA) is 55.4 Å². The summed E-state index contributed by atoms with van der Waals surface area (Å²) >= 11 is 0. The quantitative estimate of drug-likeness (QED) is 0.644. The number of amides is 1. The van der Waals surface area contributed by atoms with Gasteiger partial charge in [-0.1, -0.05) is 12.1 Å². The van der Waals surface area contributed by atoms with Gasteiger partial charge in [-0.2, -0.15) is 13.2 Å². The molecule has 0 saturated heterocycles. The molecule has 138 valence electrons. The minimum Gasteiger partial charge on any atom is -0.449 e. The first-order valence-electron chi connectivity index (χ1n) is 7.53. The number of rotatable bonds is 4. The van der Waals surface area contributed by atoms with E-state index < -0.39 is 35.5 Å². The summed E-state index contributed by atoms with van der Waals surface area (Å²) in [5.74, 6) is -2.33. The fourth-order valence-corrected chi connectivity index (χ4v) is 2.02. The molecule has 26 heavy (non-hydrogen) atoms. The van der Waals surface area contributed by atoms with Crippen molar-refractivity contribution in [2.45, 2.75) is 26.1 Å². The molecule has 1 N–H and O–H groups in total. The van der Waals surface area contributed by atoms with Crippen molar-refractivity contribution in [2.75, 3.05) is 5.32 Å². The molecular formula is C18H15F4NO3. The lowest BCUT2D eigenvalue weighted by Gasteiger charge is -2.15. The number of ether oxygens (including phenoxy) is 1. The molecule has 2 aromatic carbocycles. The van der Waals surface area contributed by atoms with Crippen molar-refractivity contribution in [3.05, 3.63) is 65.0 Å². The lowest BCUT2D eigenvalue weighted by atomic mass is 10.1. The van der Waals surface area contributed by atoms with Crippen molar-refractivity contribution in [3.8, 4) is 0 Å². The van der Waals surface area contributed by atoms with Crippen LogP contribution in [0.1, 0.15) is 28.4 Å². The summed E-state index contributed by atoms with van der Waals surface area (Å²) in [7, 11) is 0. The van der Waals surface area contributed by atoms with Crippen LogP contribution in [0.25, 0.3) is 0 Å². The second-order valence-corrected chi connectivity index (χ2v) is 5.58. The molecule has 0 radical (unpaired) electrons. The van der Waals surface area contributed by atoms with E-state index in [1.54, 1.807) is 0 Å². The number of nitrogens with one attached hydrogen (secondary N) is 1. The molecule has 1 amide bonds. The highest BCUT2D eigenvalue weighted by Crippen LogP contribution is 2.30. The molecule has 0 heterocycles. The Morgan fingerprint density at radius 2 is 1.81 bits per heavy atom. The standard InChI is InChI=1S/C18H15F4NO3/c1-10-6-7-12(8-15(10)19)17(25)26-11(2)16(24)23-14-5-3-4-13(9-14)18(20,21)22/h3-9,11H,1-2H3,(H,23,24)/t11-/m0/s1. The number of halogens is 4. The van der Waals surface area contributed by atoms with E-state index in [4.69, 9.17) is 4.74 Å². The van der Waals surface area contributed by atoms with Crippen LogP contribution in [-0.4, -0.2) is 18.0 Å². The normalized spacial score (nSPS) is 12.4. The van der Waals surface area contributed by atoms with Crippen molar-refractivity contribution >= 4 is 17.6 Å². The second kappa shape index (κ2) is 7.55. The van der Waals surface area contributed by atoms with Gasteiger partial charge in [0.1, 0.15) is 5.82 Å². The summed E-state index contributed by atoms with van der Waals surface area (Å²) in [5, 5.41) is 2.24. The number of esters is 1. The largest absolute Gasteiger partial charge is 0.449 e. The third-order valence-corrected chi connectivity index (χ3v) is 3.52. The fourth-order valence-electron chi connectivity index (χ4n) is 2.02. The Balaban J connectivity index is 2.03. The van der Waals surface area contributed by atoms with Crippen LogP contribution in [0.3, 0.4) is 0 Å². The average molecular weight is 369 g/mol. The number of hydrogen-bond donors (Lipinski definition) is 1. The van der Waals surface area contributed by atoms with Crippen LogP contribution in [0.15, 0.2) is 42.5 Å². The van der Waals surface area contributed by atoms with Crippen LogP contribution in [0, 0.1) is 12.7 Å². The van der Waals surface area contributed by atoms with E-state index in [1.165, 1.54) is 32.0 Å². The first-order chi connectivity index (χ1) is 12.1. The SMILES string of the molecule is Cc1ccc(C(=O)O[C@@H](C)C(=O)Nc2cccc(C(F)(F)F)c2)cc1F. The summed E-state index contributed by atoms with van der Waals surface area (Å²) < 4.78 is 56.4. The van der Waals surface area contributed by atoms with E-state index in [0.29, 0.717) is 5.56 Å². The van der Waals surface area contributed by atoms with E-state index in [2.05, 4.69) is 5.32 Å². The highest BCUT2D eigenvalue weighted by molar-refractivity contribution is 5.97. The van der Waals surface area contributed by atoms with Crippen molar-refractivity contribution in [1.82, 2.24) is 0 Å². The number of aryl methyl sites for hydroxylation is 1. The van der Waals surface area contributed by atoms with E-state index in [9.17, 15) is 27.2 Å². The zero-order valence-electron chi connectivity index (χ0n) is 13.9. The molecule has 0 aliphatic heterocycles. The predicted molar refractivity (Wildman–Crippen MR) is 86.1 cm³/mol. The average Bonchev–Trinajstić information content (AvgIpc) is 2.56. The number of benzene rings is 2. The van der Waals surface area contributed by atoms with Gasteiger partial charge in [0, 0.05) is 5.69 Å². The number of anilines is 1. The monoisotopic (exact) mass is 369 g/mol. The molecule has 0 aliphatic rings. The van der Waals surface area contributed by atoms with Crippen molar-refractivity contribution in [2.24, 2.45) is 0 Å². The Kier molecular flexibility index (Phi) is 5.64. The summed E-state index contributed by atoms with van der Waals surface area (Å²) in [6.07, 6.45) is -5.84. The van der Waals surface area contributed by atoms with Gasteiger partial charge in [0.25, 0.3) is 5.91 Å². The Morgan fingerprint density at radius 1 is 1.12 bits per heavy atom. The zero-order chi connectivity index (χ0) is 19.5. The number of hydrogen-bond acceptors (Lipinski definition) is 3. The lowest BCUT2D eigenvalue weighted by molar-refractivity contribution is -0.137. The van der Waals surface area contributed by atoms with E-state index in [0.717, 1.165) is 24.3 Å². The number of alkyl halides is 3. The van der Waals surface area contributed by atoms with Crippen molar-refractivity contribution in [1.29, 1.82) is 0 Å². The van der Waals surface area contributed by atoms with Gasteiger partial charge >= 0.3 is 12.1 Å². The highest BCUT2D eigenvalue weighted by atomic mass is 19.4. The van der Waals surface area contributed by atoms with E-state index in [1.807, 2.05) is 0 Å². The first kappa shape index (κ1) is 19.4. The molecule has 0 aromatic heterocycles. The Labute approximate surface area is 146 Å². The maximum atomic E-state index is 13.5. The summed E-state index contributed by atoms with van der Waals surface area (Å²) in [4.78, 5) is 24.0. The molecule has 0 bridgehead atoms. The summed E-state index contributed by atoms with van der Waals surface area (Å²) in [6.45, 7) is 2.78. The van der Waals surface area contributed by atoms with Gasteiger partial charge in [0.2, 0.25) is 0 Å². The smallest absolute Gasteiger partial charge is 0.416 e. The molecule has 2 aromatic rings. The fraction of sp³-hybridized carbons (Fsp3) is 0.222. The first-order valence-corrected chi connectivity index (χ1v) is 7.53. The third kappa shape index (κ3) is 4.81. The number of carbonyl (C=O) groups excluding carboxylic acids is 2. The van der Waals surface area contributed by atoms with Gasteiger partial charge < -0.3 is 10.1 Å². The van der Waals surface area contributed by atoms with E-state index >= 15 is 0 Å². The van der Waals surface area contributed by atoms with Crippen LogP contribution in [-0.2, 0) is 15.7 Å². The molecule has 0 aliphatic carbocycles. The summed E-state index contributed by atoms with van der Waals surface area (Å²) in [6, 6.07) is 7.76. The molecule has 0 spiro atoms. The maximum absolute atomic E-state index is 13.5. The molecule has 4 nitrogen and oxygen atoms in total. The minimum atomic E-state index is -4.55.